The number of hydrogen-bond acceptors (Lipinski definition) is 5. The summed E-state index contributed by atoms with van der Waals surface area (Å²) in [5.41, 5.74) is 4.23. The standard InChI is InChI=1S/C22H19N3O4/c1-29-22-9-7-16(18-11-15-4-2-3-5-17(15)24-18)12-19(22)23-13-14-6-8-20(25(27)28)21(26)10-14/h2-12,23-24,26H,13H2,1H3. The lowest BCUT2D eigenvalue weighted by Crippen LogP contribution is -2.02. The number of nitro groups is 1. The summed E-state index contributed by atoms with van der Waals surface area (Å²) in [6.07, 6.45) is 0. The van der Waals surface area contributed by atoms with Gasteiger partial charge in [-0.3, -0.25) is 10.1 Å². The Morgan fingerprint density at radius 1 is 1.10 bits per heavy atom. The zero-order chi connectivity index (χ0) is 20.4. The van der Waals surface area contributed by atoms with E-state index in [0.29, 0.717) is 17.9 Å². The van der Waals surface area contributed by atoms with Gasteiger partial charge in [-0.25, -0.2) is 0 Å². The van der Waals surface area contributed by atoms with Crippen LogP contribution in [0, 0.1) is 10.1 Å². The zero-order valence-electron chi connectivity index (χ0n) is 15.7. The van der Waals surface area contributed by atoms with Gasteiger partial charge in [0.05, 0.1) is 17.7 Å². The van der Waals surface area contributed by atoms with Crippen molar-refractivity contribution in [3.63, 3.8) is 0 Å². The van der Waals surface area contributed by atoms with Crippen LogP contribution in [0.1, 0.15) is 5.56 Å². The van der Waals surface area contributed by atoms with E-state index in [1.165, 1.54) is 12.1 Å². The minimum absolute atomic E-state index is 0.313. The van der Waals surface area contributed by atoms with Crippen LogP contribution in [0.15, 0.2) is 66.7 Å². The molecule has 7 nitrogen and oxygen atoms in total. The van der Waals surface area contributed by atoms with E-state index < -0.39 is 4.92 Å². The van der Waals surface area contributed by atoms with Crippen LogP contribution in [-0.2, 0) is 6.54 Å². The second kappa shape index (κ2) is 7.55. The number of nitrogens with one attached hydrogen (secondary N) is 2. The summed E-state index contributed by atoms with van der Waals surface area (Å²) < 4.78 is 5.45. The monoisotopic (exact) mass is 389 g/mol. The summed E-state index contributed by atoms with van der Waals surface area (Å²) in [5.74, 6) is 0.323. The summed E-state index contributed by atoms with van der Waals surface area (Å²) in [4.78, 5) is 13.6. The van der Waals surface area contributed by atoms with E-state index in [4.69, 9.17) is 4.74 Å². The van der Waals surface area contributed by atoms with Crippen LogP contribution in [0.2, 0.25) is 0 Å². The number of nitrogens with zero attached hydrogens (tertiary/aromatic N) is 1. The van der Waals surface area contributed by atoms with Gasteiger partial charge in [0.1, 0.15) is 5.75 Å². The topological polar surface area (TPSA) is 100 Å². The van der Waals surface area contributed by atoms with Crippen LogP contribution >= 0.6 is 0 Å². The number of fused-ring (bicyclic) bond motifs is 1. The molecule has 0 aliphatic rings. The second-order valence-corrected chi connectivity index (χ2v) is 6.62. The van der Waals surface area contributed by atoms with Crippen molar-refractivity contribution in [1.82, 2.24) is 4.98 Å². The summed E-state index contributed by atoms with van der Waals surface area (Å²) in [6, 6.07) is 20.3. The van der Waals surface area contributed by atoms with Gasteiger partial charge in [0.15, 0.2) is 5.75 Å². The number of anilines is 1. The molecule has 3 aromatic carbocycles. The first-order valence-corrected chi connectivity index (χ1v) is 9.01. The fourth-order valence-electron chi connectivity index (χ4n) is 3.27. The van der Waals surface area contributed by atoms with Crippen molar-refractivity contribution in [3.05, 3.63) is 82.4 Å². The Hall–Kier alpha value is -4.00. The van der Waals surface area contributed by atoms with Crippen LogP contribution in [0.3, 0.4) is 0 Å². The van der Waals surface area contributed by atoms with Gasteiger partial charge in [-0.05, 0) is 42.0 Å². The van der Waals surface area contributed by atoms with Crippen LogP contribution in [-0.4, -0.2) is 22.1 Å². The summed E-state index contributed by atoms with van der Waals surface area (Å²) in [6.45, 7) is 0.373. The zero-order valence-corrected chi connectivity index (χ0v) is 15.7. The maximum absolute atomic E-state index is 10.8. The first-order chi connectivity index (χ1) is 14.0. The number of aromatic hydroxyl groups is 1. The van der Waals surface area contributed by atoms with Gasteiger partial charge in [0.25, 0.3) is 0 Å². The minimum Gasteiger partial charge on any atom is -0.502 e. The largest absolute Gasteiger partial charge is 0.502 e. The molecule has 0 aliphatic heterocycles. The second-order valence-electron chi connectivity index (χ2n) is 6.62. The molecule has 0 spiro atoms. The quantitative estimate of drug-likeness (QED) is 0.316. The molecule has 29 heavy (non-hydrogen) atoms. The fourth-order valence-corrected chi connectivity index (χ4v) is 3.27. The van der Waals surface area contributed by atoms with E-state index in [2.05, 4.69) is 22.4 Å². The first-order valence-electron chi connectivity index (χ1n) is 9.01. The fraction of sp³-hybridized carbons (Fsp3) is 0.0909. The Labute approximate surface area is 166 Å². The lowest BCUT2D eigenvalue weighted by atomic mass is 10.1. The molecule has 0 saturated heterocycles. The number of ether oxygens (including phenoxy) is 1. The van der Waals surface area contributed by atoms with Gasteiger partial charge in [0.2, 0.25) is 0 Å². The van der Waals surface area contributed by atoms with Crippen molar-refractivity contribution in [2.45, 2.75) is 6.54 Å². The number of aromatic amines is 1. The Kier molecular flexibility index (Phi) is 4.78. The number of phenols is 1. The van der Waals surface area contributed by atoms with Gasteiger partial charge >= 0.3 is 5.69 Å². The van der Waals surface area contributed by atoms with Gasteiger partial charge in [-0.15, -0.1) is 0 Å². The van der Waals surface area contributed by atoms with Crippen molar-refractivity contribution >= 4 is 22.3 Å². The van der Waals surface area contributed by atoms with Crippen molar-refractivity contribution in [2.24, 2.45) is 0 Å². The van der Waals surface area contributed by atoms with Crippen molar-refractivity contribution in [3.8, 4) is 22.8 Å². The average Bonchev–Trinajstić information content (AvgIpc) is 3.16. The maximum Gasteiger partial charge on any atom is 0.310 e. The molecule has 3 N–H and O–H groups in total. The highest BCUT2D eigenvalue weighted by Gasteiger charge is 2.13. The predicted molar refractivity (Wildman–Crippen MR) is 112 cm³/mol. The SMILES string of the molecule is COc1ccc(-c2cc3ccccc3[nH]2)cc1NCc1ccc([N+](=O)[O-])c(O)c1. The normalized spacial score (nSPS) is 10.8. The van der Waals surface area contributed by atoms with Crippen molar-refractivity contribution in [2.75, 3.05) is 12.4 Å². The third-order valence-corrected chi connectivity index (χ3v) is 4.76. The van der Waals surface area contributed by atoms with E-state index in [1.54, 1.807) is 13.2 Å². The number of phenolic OH excluding ortho intramolecular Hbond substituents is 1. The van der Waals surface area contributed by atoms with E-state index in [9.17, 15) is 15.2 Å². The molecular weight excluding hydrogens is 370 g/mol. The molecule has 0 atom stereocenters. The molecule has 4 rings (SSSR count). The third-order valence-electron chi connectivity index (χ3n) is 4.76. The van der Waals surface area contributed by atoms with Crippen LogP contribution in [0.5, 0.6) is 11.5 Å². The summed E-state index contributed by atoms with van der Waals surface area (Å²) in [7, 11) is 1.60. The first kappa shape index (κ1) is 18.4. The molecule has 0 unspecified atom stereocenters. The molecule has 1 aromatic heterocycles. The number of rotatable bonds is 6. The number of nitro benzene ring substituents is 1. The van der Waals surface area contributed by atoms with Crippen LogP contribution < -0.4 is 10.1 Å². The Bertz CT molecular complexity index is 1170. The number of aromatic nitrogens is 1. The highest BCUT2D eigenvalue weighted by atomic mass is 16.6. The Morgan fingerprint density at radius 3 is 2.66 bits per heavy atom. The molecule has 0 fully saturated rings. The molecule has 7 heteroatoms. The number of H-pyrrole nitrogens is 1. The minimum atomic E-state index is -0.612. The summed E-state index contributed by atoms with van der Waals surface area (Å²) in [5, 5.41) is 25.1. The van der Waals surface area contributed by atoms with Crippen LogP contribution in [0.4, 0.5) is 11.4 Å². The molecule has 0 aliphatic carbocycles. The van der Waals surface area contributed by atoms with E-state index in [0.717, 1.165) is 27.8 Å². The third kappa shape index (κ3) is 3.70. The van der Waals surface area contributed by atoms with Crippen molar-refractivity contribution < 1.29 is 14.8 Å². The number of para-hydroxylation sites is 1. The molecule has 0 amide bonds. The molecule has 0 radical (unpaired) electrons. The van der Waals surface area contributed by atoms with E-state index >= 15 is 0 Å². The number of methoxy groups -OCH3 is 1. The van der Waals surface area contributed by atoms with Gasteiger partial charge < -0.3 is 20.1 Å². The summed E-state index contributed by atoms with van der Waals surface area (Å²) >= 11 is 0. The highest BCUT2D eigenvalue weighted by molar-refractivity contribution is 5.86. The number of benzene rings is 3. The lowest BCUT2D eigenvalue weighted by Gasteiger charge is -2.13. The molecule has 146 valence electrons. The molecular formula is C22H19N3O4. The van der Waals surface area contributed by atoms with Gasteiger partial charge in [-0.1, -0.05) is 24.3 Å². The van der Waals surface area contributed by atoms with Gasteiger partial charge in [-0.2, -0.15) is 0 Å². The maximum atomic E-state index is 10.8. The molecule has 1 heterocycles. The Morgan fingerprint density at radius 2 is 1.93 bits per heavy atom. The smallest absolute Gasteiger partial charge is 0.310 e. The van der Waals surface area contributed by atoms with Crippen LogP contribution in [0.25, 0.3) is 22.2 Å². The van der Waals surface area contributed by atoms with E-state index in [-0.39, 0.29) is 11.4 Å². The van der Waals surface area contributed by atoms with Crippen molar-refractivity contribution in [1.29, 1.82) is 0 Å². The number of hydrogen-bond donors (Lipinski definition) is 3. The molecule has 0 bridgehead atoms. The molecule has 4 aromatic rings. The lowest BCUT2D eigenvalue weighted by molar-refractivity contribution is -0.385. The highest BCUT2D eigenvalue weighted by Crippen LogP contribution is 2.33. The predicted octanol–water partition coefficient (Wildman–Crippen LogP) is 5.07. The van der Waals surface area contributed by atoms with E-state index in [1.807, 2.05) is 36.4 Å². The Balaban J connectivity index is 1.60. The molecule has 0 saturated carbocycles. The average molecular weight is 389 g/mol. The van der Waals surface area contributed by atoms with Gasteiger partial charge in [0, 0.05) is 34.8 Å².